The zero-order valence-electron chi connectivity index (χ0n) is 15.9. The summed E-state index contributed by atoms with van der Waals surface area (Å²) in [6, 6.07) is 11.8. The zero-order chi connectivity index (χ0) is 21.5. The lowest BCUT2D eigenvalue weighted by atomic mass is 10.1. The van der Waals surface area contributed by atoms with Crippen LogP contribution < -0.4 is 10.0 Å². The van der Waals surface area contributed by atoms with Gasteiger partial charge in [0.1, 0.15) is 15.6 Å². The number of nitrogens with zero attached hydrogens (tertiary/aromatic N) is 1. The highest BCUT2D eigenvalue weighted by molar-refractivity contribution is 7.90. The van der Waals surface area contributed by atoms with Crippen LogP contribution in [0.4, 0.5) is 14.5 Å². The molecule has 1 aromatic heterocycles. The fraction of sp³-hybridized carbons (Fsp3) is 0.0952. The van der Waals surface area contributed by atoms with Crippen molar-refractivity contribution in [3.63, 3.8) is 0 Å². The van der Waals surface area contributed by atoms with Crippen LogP contribution in [0.2, 0.25) is 0 Å². The summed E-state index contributed by atoms with van der Waals surface area (Å²) in [7, 11) is -1.83. The first-order valence-corrected chi connectivity index (χ1v) is 10.6. The van der Waals surface area contributed by atoms with Gasteiger partial charge in [-0.2, -0.15) is 0 Å². The summed E-state index contributed by atoms with van der Waals surface area (Å²) >= 11 is 0. The monoisotopic (exact) mass is 428 g/mol. The van der Waals surface area contributed by atoms with Gasteiger partial charge in [0.25, 0.3) is 5.91 Å². The number of hydrogen-bond donors (Lipinski definition) is 3. The van der Waals surface area contributed by atoms with E-state index in [0.29, 0.717) is 5.56 Å². The van der Waals surface area contributed by atoms with E-state index >= 15 is 0 Å². The van der Waals surface area contributed by atoms with Gasteiger partial charge in [-0.15, -0.1) is 0 Å². The van der Waals surface area contributed by atoms with E-state index in [2.05, 4.69) is 10.0 Å². The Balaban J connectivity index is 1.73. The van der Waals surface area contributed by atoms with E-state index in [-0.39, 0.29) is 16.3 Å². The fourth-order valence-electron chi connectivity index (χ4n) is 3.37. The largest absolute Gasteiger partial charge is 0.345 e. The predicted molar refractivity (Wildman–Crippen MR) is 110 cm³/mol. The second-order valence-electron chi connectivity index (χ2n) is 6.87. The van der Waals surface area contributed by atoms with Crippen LogP contribution in [0.3, 0.4) is 0 Å². The maximum Gasteiger partial charge on any atom is 0.272 e. The Hall–Kier alpha value is -3.30. The lowest BCUT2D eigenvalue weighted by molar-refractivity contribution is 0.101. The molecule has 1 amide bonds. The number of benzene rings is 2. The van der Waals surface area contributed by atoms with Gasteiger partial charge in [0.2, 0.25) is 0 Å². The molecule has 2 atom stereocenters. The third-order valence-electron chi connectivity index (χ3n) is 4.79. The number of fused-ring (bicyclic) bond motifs is 1. The Kier molecular flexibility index (Phi) is 5.00. The standard InChI is InChI=1S/C21H18F2N4O2S/c1-27-12-19-15(20(27)21(28)25-14-7-9-16(22)17(23)11-14)8-10-18(26-30(19,24)29)13-5-3-2-4-6-13/h2-12,18H,1H3,(H,25,28)(H2,24,26,29)/t18-,30?/m1/s1. The zero-order valence-corrected chi connectivity index (χ0v) is 16.7. The van der Waals surface area contributed by atoms with E-state index in [9.17, 15) is 17.8 Å². The van der Waals surface area contributed by atoms with Crippen LogP contribution in [-0.4, -0.2) is 14.7 Å². The molecule has 4 rings (SSSR count). The van der Waals surface area contributed by atoms with Crippen molar-refractivity contribution in [1.29, 1.82) is 4.78 Å². The topological polar surface area (TPSA) is 87.0 Å². The molecule has 0 spiro atoms. The minimum Gasteiger partial charge on any atom is -0.345 e. The molecule has 2 aromatic carbocycles. The first-order chi connectivity index (χ1) is 14.3. The summed E-state index contributed by atoms with van der Waals surface area (Å²) in [6.45, 7) is 0. The third-order valence-corrected chi connectivity index (χ3v) is 6.32. The van der Waals surface area contributed by atoms with Gasteiger partial charge in [-0.1, -0.05) is 42.5 Å². The van der Waals surface area contributed by atoms with Gasteiger partial charge in [-0.25, -0.2) is 22.5 Å². The molecule has 0 fully saturated rings. The second kappa shape index (κ2) is 7.51. The van der Waals surface area contributed by atoms with Crippen LogP contribution in [0.1, 0.15) is 27.7 Å². The smallest absolute Gasteiger partial charge is 0.272 e. The maximum absolute atomic E-state index is 13.5. The Labute approximate surface area is 172 Å². The van der Waals surface area contributed by atoms with Crippen LogP contribution >= 0.6 is 0 Å². The van der Waals surface area contributed by atoms with Crippen molar-refractivity contribution in [1.82, 2.24) is 9.29 Å². The van der Waals surface area contributed by atoms with Gasteiger partial charge in [0.15, 0.2) is 11.6 Å². The highest BCUT2D eigenvalue weighted by Crippen LogP contribution is 2.31. The maximum atomic E-state index is 13.5. The number of amides is 1. The molecule has 1 aliphatic heterocycles. The number of anilines is 1. The van der Waals surface area contributed by atoms with Crippen molar-refractivity contribution in [3.05, 3.63) is 89.3 Å². The van der Waals surface area contributed by atoms with Crippen LogP contribution in [0.25, 0.3) is 6.08 Å². The predicted octanol–water partition coefficient (Wildman–Crippen LogP) is 4.23. The highest BCUT2D eigenvalue weighted by Gasteiger charge is 2.28. The van der Waals surface area contributed by atoms with Crippen LogP contribution in [-0.2, 0) is 17.0 Å². The molecule has 2 heterocycles. The van der Waals surface area contributed by atoms with Crippen molar-refractivity contribution < 1.29 is 17.8 Å². The van der Waals surface area contributed by atoms with E-state index in [1.54, 1.807) is 19.2 Å². The highest BCUT2D eigenvalue weighted by atomic mass is 32.2. The van der Waals surface area contributed by atoms with E-state index < -0.39 is 33.5 Å². The summed E-state index contributed by atoms with van der Waals surface area (Å²) in [5, 5.41) is 2.52. The molecular formula is C21H18F2N4O2S. The Bertz CT molecular complexity index is 1270. The first-order valence-electron chi connectivity index (χ1n) is 9.01. The summed E-state index contributed by atoms with van der Waals surface area (Å²) in [5.41, 5.74) is 1.40. The number of aromatic nitrogens is 1. The number of hydrogen-bond acceptors (Lipinski definition) is 3. The van der Waals surface area contributed by atoms with Gasteiger partial charge in [-0.05, 0) is 17.7 Å². The minimum absolute atomic E-state index is 0.0818. The van der Waals surface area contributed by atoms with E-state index in [1.165, 1.54) is 16.8 Å². The Morgan fingerprint density at radius 2 is 1.90 bits per heavy atom. The average Bonchev–Trinajstić information content (AvgIpc) is 2.99. The third kappa shape index (κ3) is 3.64. The summed E-state index contributed by atoms with van der Waals surface area (Å²) in [5.74, 6) is -2.69. The molecule has 0 bridgehead atoms. The molecule has 9 heteroatoms. The van der Waals surface area contributed by atoms with Crippen molar-refractivity contribution in [3.8, 4) is 0 Å². The van der Waals surface area contributed by atoms with E-state index in [4.69, 9.17) is 4.78 Å². The SMILES string of the molecule is Cn1cc2c(c1C(=O)Nc1ccc(F)c(F)c1)C=C[C@H](c1ccccc1)NS2(=N)=O. The molecular weight excluding hydrogens is 410 g/mol. The molecule has 154 valence electrons. The van der Waals surface area contributed by atoms with Crippen LogP contribution in [0, 0.1) is 16.4 Å². The number of carbonyl (C=O) groups excluding carboxylic acids is 1. The van der Waals surface area contributed by atoms with Crippen LogP contribution in [0.15, 0.2) is 65.7 Å². The van der Waals surface area contributed by atoms with Gasteiger partial charge in [0.05, 0.1) is 10.9 Å². The Morgan fingerprint density at radius 1 is 1.17 bits per heavy atom. The molecule has 6 nitrogen and oxygen atoms in total. The summed E-state index contributed by atoms with van der Waals surface area (Å²) in [4.78, 5) is 13.1. The van der Waals surface area contributed by atoms with Crippen molar-refractivity contribution in [2.45, 2.75) is 10.9 Å². The molecule has 3 N–H and O–H groups in total. The number of halogens is 2. The van der Waals surface area contributed by atoms with Crippen molar-refractivity contribution in [2.75, 3.05) is 5.32 Å². The molecule has 30 heavy (non-hydrogen) atoms. The molecule has 1 aliphatic rings. The molecule has 3 aromatic rings. The second-order valence-corrected chi connectivity index (χ2v) is 8.66. The van der Waals surface area contributed by atoms with Crippen molar-refractivity contribution in [2.24, 2.45) is 7.05 Å². The molecule has 0 saturated heterocycles. The van der Waals surface area contributed by atoms with E-state index in [0.717, 1.165) is 17.7 Å². The quantitative estimate of drug-likeness (QED) is 0.583. The molecule has 0 saturated carbocycles. The lowest BCUT2D eigenvalue weighted by Crippen LogP contribution is -2.25. The first kappa shape index (κ1) is 20.0. The Morgan fingerprint density at radius 3 is 2.60 bits per heavy atom. The number of rotatable bonds is 3. The number of aryl methyl sites for hydroxylation is 1. The average molecular weight is 428 g/mol. The van der Waals surface area contributed by atoms with E-state index in [1.807, 2.05) is 30.3 Å². The number of carbonyl (C=O) groups is 1. The van der Waals surface area contributed by atoms with Gasteiger partial charge in [0, 0.05) is 30.6 Å². The summed E-state index contributed by atoms with van der Waals surface area (Å²) in [6.07, 6.45) is 4.86. The molecule has 1 unspecified atom stereocenters. The number of nitrogens with one attached hydrogen (secondary N) is 3. The normalized spacial score (nSPS) is 20.4. The van der Waals surface area contributed by atoms with Gasteiger partial charge in [-0.3, -0.25) is 4.79 Å². The van der Waals surface area contributed by atoms with Gasteiger partial charge >= 0.3 is 0 Å². The molecule has 0 aliphatic carbocycles. The van der Waals surface area contributed by atoms with Crippen molar-refractivity contribution >= 4 is 27.6 Å². The lowest BCUT2D eigenvalue weighted by Gasteiger charge is -2.15. The minimum atomic E-state index is -3.42. The summed E-state index contributed by atoms with van der Waals surface area (Å²) < 4.78 is 52.5. The molecule has 0 radical (unpaired) electrons. The fourth-order valence-corrected chi connectivity index (χ4v) is 4.85. The van der Waals surface area contributed by atoms with Crippen LogP contribution in [0.5, 0.6) is 0 Å². The van der Waals surface area contributed by atoms with Gasteiger partial charge < -0.3 is 9.88 Å².